The van der Waals surface area contributed by atoms with Gasteiger partial charge in [-0.2, -0.15) is 0 Å². The number of ether oxygens (including phenoxy) is 1. The molecule has 5 heteroatoms. The van der Waals surface area contributed by atoms with E-state index in [1.54, 1.807) is 0 Å². The van der Waals surface area contributed by atoms with E-state index in [9.17, 15) is 4.79 Å². The number of carbonyl (C=O) groups excluding carboxylic acids is 1. The molecular formula is C19H21ClN2O2. The SMILES string of the molecule is Cl.O=C(Nc1ccc2c(c1)CNCCO2)C1(c2ccccc2)CC1. The van der Waals surface area contributed by atoms with Gasteiger partial charge in [-0.3, -0.25) is 4.79 Å². The normalized spacial score (nSPS) is 17.5. The first-order chi connectivity index (χ1) is 11.3. The van der Waals surface area contributed by atoms with E-state index < -0.39 is 0 Å². The number of hydrogen-bond donors (Lipinski definition) is 2. The van der Waals surface area contributed by atoms with Crippen LogP contribution in [-0.4, -0.2) is 19.1 Å². The molecule has 0 atom stereocenters. The number of amides is 1. The summed E-state index contributed by atoms with van der Waals surface area (Å²) in [5, 5.41) is 6.41. The summed E-state index contributed by atoms with van der Waals surface area (Å²) in [6.07, 6.45) is 1.83. The lowest BCUT2D eigenvalue weighted by Gasteiger charge is -2.16. The Morgan fingerprint density at radius 3 is 2.67 bits per heavy atom. The van der Waals surface area contributed by atoms with Gasteiger partial charge in [0.25, 0.3) is 0 Å². The lowest BCUT2D eigenvalue weighted by molar-refractivity contribution is -0.118. The van der Waals surface area contributed by atoms with Crippen LogP contribution in [0.3, 0.4) is 0 Å². The maximum atomic E-state index is 12.8. The molecule has 1 saturated carbocycles. The number of carbonyl (C=O) groups is 1. The third kappa shape index (κ3) is 3.12. The van der Waals surface area contributed by atoms with Crippen LogP contribution < -0.4 is 15.4 Å². The van der Waals surface area contributed by atoms with Crippen LogP contribution in [0.2, 0.25) is 0 Å². The Balaban J connectivity index is 0.00000169. The second kappa shape index (κ2) is 6.83. The minimum absolute atomic E-state index is 0. The molecule has 0 aromatic heterocycles. The average Bonchev–Trinajstić information content (AvgIpc) is 3.40. The fraction of sp³-hybridized carbons (Fsp3) is 0.316. The number of halogens is 1. The van der Waals surface area contributed by atoms with Crippen molar-refractivity contribution in [2.75, 3.05) is 18.5 Å². The maximum Gasteiger partial charge on any atom is 0.235 e. The largest absolute Gasteiger partial charge is 0.492 e. The Bertz CT molecular complexity index is 729. The molecule has 1 aliphatic carbocycles. The van der Waals surface area contributed by atoms with Gasteiger partial charge in [0.15, 0.2) is 0 Å². The molecule has 2 aromatic rings. The van der Waals surface area contributed by atoms with Gasteiger partial charge in [0.05, 0.1) is 5.41 Å². The van der Waals surface area contributed by atoms with E-state index in [0.717, 1.165) is 48.5 Å². The summed E-state index contributed by atoms with van der Waals surface area (Å²) in [4.78, 5) is 12.8. The van der Waals surface area contributed by atoms with Gasteiger partial charge in [-0.15, -0.1) is 12.4 Å². The fourth-order valence-electron chi connectivity index (χ4n) is 3.17. The average molecular weight is 345 g/mol. The van der Waals surface area contributed by atoms with Crippen LogP contribution in [0.15, 0.2) is 48.5 Å². The summed E-state index contributed by atoms with van der Waals surface area (Å²) in [5.41, 5.74) is 2.69. The lowest BCUT2D eigenvalue weighted by atomic mass is 9.95. The predicted octanol–water partition coefficient (Wildman–Crippen LogP) is 3.26. The molecule has 4 rings (SSSR count). The molecule has 1 aliphatic heterocycles. The molecule has 0 spiro atoms. The molecule has 2 N–H and O–H groups in total. The molecule has 2 aromatic carbocycles. The third-order valence-corrected chi connectivity index (χ3v) is 4.68. The Hall–Kier alpha value is -2.04. The Kier molecular flexibility index (Phi) is 4.78. The van der Waals surface area contributed by atoms with Crippen molar-refractivity contribution in [3.05, 3.63) is 59.7 Å². The monoisotopic (exact) mass is 344 g/mol. The first-order valence-corrected chi connectivity index (χ1v) is 8.11. The van der Waals surface area contributed by atoms with Crippen LogP contribution in [0.25, 0.3) is 0 Å². The van der Waals surface area contributed by atoms with Gasteiger partial charge < -0.3 is 15.4 Å². The summed E-state index contributed by atoms with van der Waals surface area (Å²) in [6, 6.07) is 15.9. The highest BCUT2D eigenvalue weighted by atomic mass is 35.5. The number of anilines is 1. The first kappa shape index (κ1) is 16.8. The van der Waals surface area contributed by atoms with Gasteiger partial charge in [-0.1, -0.05) is 30.3 Å². The Morgan fingerprint density at radius 2 is 1.92 bits per heavy atom. The number of rotatable bonds is 3. The summed E-state index contributed by atoms with van der Waals surface area (Å²) in [5.74, 6) is 0.989. The molecule has 0 unspecified atom stereocenters. The molecule has 2 aliphatic rings. The molecule has 1 heterocycles. The van der Waals surface area contributed by atoms with Gasteiger partial charge in [0, 0.05) is 24.3 Å². The second-order valence-electron chi connectivity index (χ2n) is 6.25. The van der Waals surface area contributed by atoms with E-state index in [1.165, 1.54) is 0 Å². The van der Waals surface area contributed by atoms with Crippen molar-refractivity contribution in [1.82, 2.24) is 5.32 Å². The predicted molar refractivity (Wildman–Crippen MR) is 96.9 cm³/mol. The van der Waals surface area contributed by atoms with E-state index in [0.29, 0.717) is 6.61 Å². The zero-order chi connectivity index (χ0) is 15.7. The van der Waals surface area contributed by atoms with Crippen LogP contribution in [0.5, 0.6) is 5.75 Å². The summed E-state index contributed by atoms with van der Waals surface area (Å²) in [6.45, 7) is 2.28. The molecular weight excluding hydrogens is 324 g/mol. The second-order valence-corrected chi connectivity index (χ2v) is 6.25. The number of hydrogen-bond acceptors (Lipinski definition) is 3. The molecule has 126 valence electrons. The van der Waals surface area contributed by atoms with E-state index in [4.69, 9.17) is 4.74 Å². The van der Waals surface area contributed by atoms with Gasteiger partial charge in [-0.25, -0.2) is 0 Å². The molecule has 4 nitrogen and oxygen atoms in total. The first-order valence-electron chi connectivity index (χ1n) is 8.11. The Morgan fingerprint density at radius 1 is 1.12 bits per heavy atom. The zero-order valence-corrected chi connectivity index (χ0v) is 14.2. The van der Waals surface area contributed by atoms with Crippen LogP contribution in [0.1, 0.15) is 24.0 Å². The van der Waals surface area contributed by atoms with Crippen LogP contribution in [0, 0.1) is 0 Å². The van der Waals surface area contributed by atoms with E-state index >= 15 is 0 Å². The molecule has 1 fully saturated rings. The van der Waals surface area contributed by atoms with Gasteiger partial charge in [-0.05, 0) is 36.6 Å². The topological polar surface area (TPSA) is 50.4 Å². The Labute approximate surface area is 148 Å². The van der Waals surface area contributed by atoms with E-state index in [-0.39, 0.29) is 23.7 Å². The van der Waals surface area contributed by atoms with Crippen molar-refractivity contribution < 1.29 is 9.53 Å². The zero-order valence-electron chi connectivity index (χ0n) is 13.4. The van der Waals surface area contributed by atoms with Crippen molar-refractivity contribution in [2.24, 2.45) is 0 Å². The maximum absolute atomic E-state index is 12.8. The highest BCUT2D eigenvalue weighted by Gasteiger charge is 2.51. The van der Waals surface area contributed by atoms with Crippen LogP contribution in [-0.2, 0) is 16.8 Å². The standard InChI is InChI=1S/C19H20N2O2.ClH/c22-18(19(8-9-19)15-4-2-1-3-5-15)21-16-6-7-17-14(12-16)13-20-10-11-23-17;/h1-7,12,20H,8-11,13H2,(H,21,22);1H. The number of nitrogens with one attached hydrogen (secondary N) is 2. The molecule has 0 saturated heterocycles. The van der Waals surface area contributed by atoms with Gasteiger partial charge in [0.1, 0.15) is 12.4 Å². The highest BCUT2D eigenvalue weighted by Crippen LogP contribution is 2.49. The fourth-order valence-corrected chi connectivity index (χ4v) is 3.17. The van der Waals surface area contributed by atoms with Crippen LogP contribution in [0.4, 0.5) is 5.69 Å². The third-order valence-electron chi connectivity index (χ3n) is 4.68. The molecule has 1 amide bonds. The van der Waals surface area contributed by atoms with Gasteiger partial charge >= 0.3 is 0 Å². The van der Waals surface area contributed by atoms with Crippen molar-refractivity contribution in [2.45, 2.75) is 24.8 Å². The van der Waals surface area contributed by atoms with Gasteiger partial charge in [0.2, 0.25) is 5.91 Å². The minimum Gasteiger partial charge on any atom is -0.492 e. The molecule has 24 heavy (non-hydrogen) atoms. The quantitative estimate of drug-likeness (QED) is 0.898. The lowest BCUT2D eigenvalue weighted by Crippen LogP contribution is -2.27. The highest BCUT2D eigenvalue weighted by molar-refractivity contribution is 6.01. The van der Waals surface area contributed by atoms with Crippen molar-refractivity contribution in [3.63, 3.8) is 0 Å². The molecule has 0 radical (unpaired) electrons. The summed E-state index contributed by atoms with van der Waals surface area (Å²) < 4.78 is 5.68. The number of fused-ring (bicyclic) bond motifs is 1. The van der Waals surface area contributed by atoms with E-state index in [2.05, 4.69) is 10.6 Å². The summed E-state index contributed by atoms with van der Waals surface area (Å²) in [7, 11) is 0. The van der Waals surface area contributed by atoms with Crippen molar-refractivity contribution in [3.8, 4) is 5.75 Å². The van der Waals surface area contributed by atoms with E-state index in [1.807, 2.05) is 48.5 Å². The number of benzene rings is 2. The van der Waals surface area contributed by atoms with Crippen molar-refractivity contribution in [1.29, 1.82) is 0 Å². The van der Waals surface area contributed by atoms with Crippen LogP contribution >= 0.6 is 12.4 Å². The van der Waals surface area contributed by atoms with Crippen molar-refractivity contribution >= 4 is 24.0 Å². The summed E-state index contributed by atoms with van der Waals surface area (Å²) >= 11 is 0. The molecule has 0 bridgehead atoms. The minimum atomic E-state index is -0.344. The smallest absolute Gasteiger partial charge is 0.235 e.